The maximum absolute atomic E-state index is 13.2. The van der Waals surface area contributed by atoms with Gasteiger partial charge in [-0.1, -0.05) is 12.1 Å². The van der Waals surface area contributed by atoms with Gasteiger partial charge in [0.15, 0.2) is 0 Å². The molecular formula is C19H20FN3O. The SMILES string of the molecule is CN1C(=O)N(Cc2ccncc2)[C@H]2CC[C@@H](c3ccc(F)cc3)[C@H]21. The molecule has 2 fully saturated rings. The van der Waals surface area contributed by atoms with E-state index in [9.17, 15) is 9.18 Å². The normalized spacial score (nSPS) is 26.1. The van der Waals surface area contributed by atoms with Crippen LogP contribution in [0.1, 0.15) is 29.9 Å². The van der Waals surface area contributed by atoms with Gasteiger partial charge >= 0.3 is 6.03 Å². The van der Waals surface area contributed by atoms with Crippen LogP contribution in [0, 0.1) is 5.82 Å². The molecule has 24 heavy (non-hydrogen) atoms. The highest BCUT2D eigenvalue weighted by Gasteiger charge is 2.51. The van der Waals surface area contributed by atoms with Crippen LogP contribution in [0.3, 0.4) is 0 Å². The lowest BCUT2D eigenvalue weighted by Crippen LogP contribution is -2.34. The first-order valence-electron chi connectivity index (χ1n) is 8.33. The zero-order valence-corrected chi connectivity index (χ0v) is 13.6. The van der Waals surface area contributed by atoms with Gasteiger partial charge in [0.2, 0.25) is 0 Å². The molecule has 0 N–H and O–H groups in total. The number of urea groups is 1. The summed E-state index contributed by atoms with van der Waals surface area (Å²) < 4.78 is 13.2. The van der Waals surface area contributed by atoms with Gasteiger partial charge in [0.1, 0.15) is 5.82 Å². The number of aromatic nitrogens is 1. The Kier molecular flexibility index (Phi) is 3.71. The molecule has 0 unspecified atom stereocenters. The summed E-state index contributed by atoms with van der Waals surface area (Å²) in [7, 11) is 1.88. The molecule has 4 rings (SSSR count). The number of rotatable bonds is 3. The molecular weight excluding hydrogens is 305 g/mol. The molecule has 1 aromatic heterocycles. The largest absolute Gasteiger partial charge is 0.322 e. The number of benzene rings is 1. The number of carbonyl (C=O) groups excluding carboxylic acids is 1. The Labute approximate surface area is 140 Å². The second-order valence-corrected chi connectivity index (χ2v) is 6.67. The summed E-state index contributed by atoms with van der Waals surface area (Å²) in [6, 6.07) is 11.1. The van der Waals surface area contributed by atoms with Gasteiger partial charge in [0, 0.05) is 31.9 Å². The lowest BCUT2D eigenvalue weighted by Gasteiger charge is -2.24. The van der Waals surface area contributed by atoms with E-state index in [0.29, 0.717) is 6.54 Å². The van der Waals surface area contributed by atoms with E-state index in [1.165, 1.54) is 12.1 Å². The highest BCUT2D eigenvalue weighted by Crippen LogP contribution is 2.44. The Balaban J connectivity index is 1.59. The lowest BCUT2D eigenvalue weighted by molar-refractivity contribution is 0.185. The van der Waals surface area contributed by atoms with Crippen molar-refractivity contribution in [3.05, 3.63) is 65.7 Å². The van der Waals surface area contributed by atoms with Crippen molar-refractivity contribution in [3.8, 4) is 0 Å². The van der Waals surface area contributed by atoms with Crippen LogP contribution in [0.25, 0.3) is 0 Å². The Morgan fingerprint density at radius 2 is 1.83 bits per heavy atom. The number of halogens is 1. The van der Waals surface area contributed by atoms with Gasteiger partial charge in [-0.25, -0.2) is 9.18 Å². The predicted molar refractivity (Wildman–Crippen MR) is 88.9 cm³/mol. The van der Waals surface area contributed by atoms with E-state index in [2.05, 4.69) is 4.98 Å². The van der Waals surface area contributed by atoms with Crippen molar-refractivity contribution in [1.29, 1.82) is 0 Å². The minimum atomic E-state index is -0.219. The molecule has 2 aliphatic rings. The zero-order valence-electron chi connectivity index (χ0n) is 13.6. The van der Waals surface area contributed by atoms with Crippen LogP contribution in [-0.2, 0) is 6.54 Å². The molecule has 1 saturated heterocycles. The average Bonchev–Trinajstić information content (AvgIpc) is 3.13. The van der Waals surface area contributed by atoms with E-state index in [1.807, 2.05) is 41.1 Å². The Morgan fingerprint density at radius 1 is 1.12 bits per heavy atom. The number of amides is 2. The lowest BCUT2D eigenvalue weighted by atomic mass is 9.93. The summed E-state index contributed by atoms with van der Waals surface area (Å²) in [6.07, 6.45) is 5.51. The number of hydrogen-bond acceptors (Lipinski definition) is 2. The summed E-state index contributed by atoms with van der Waals surface area (Å²) in [5.41, 5.74) is 2.21. The second kappa shape index (κ2) is 5.89. The number of fused-ring (bicyclic) bond motifs is 1. The Hall–Kier alpha value is -2.43. The van der Waals surface area contributed by atoms with Crippen molar-refractivity contribution in [2.45, 2.75) is 37.4 Å². The molecule has 0 bridgehead atoms. The Morgan fingerprint density at radius 3 is 2.54 bits per heavy atom. The van der Waals surface area contributed by atoms with Crippen molar-refractivity contribution < 1.29 is 9.18 Å². The first-order chi connectivity index (χ1) is 11.6. The zero-order chi connectivity index (χ0) is 16.7. The third kappa shape index (κ3) is 2.44. The van der Waals surface area contributed by atoms with Crippen LogP contribution in [0.2, 0.25) is 0 Å². The van der Waals surface area contributed by atoms with Crippen molar-refractivity contribution in [1.82, 2.24) is 14.8 Å². The molecule has 0 radical (unpaired) electrons. The number of likely N-dealkylation sites (N-methyl/N-ethyl adjacent to an activating group) is 1. The summed E-state index contributed by atoms with van der Waals surface area (Å²) in [5.74, 6) is 0.0513. The summed E-state index contributed by atoms with van der Waals surface area (Å²) in [6.45, 7) is 0.614. The summed E-state index contributed by atoms with van der Waals surface area (Å²) >= 11 is 0. The predicted octanol–water partition coefficient (Wildman–Crippen LogP) is 3.40. The van der Waals surface area contributed by atoms with Crippen LogP contribution < -0.4 is 0 Å². The molecule has 1 aromatic carbocycles. The third-order valence-corrected chi connectivity index (χ3v) is 5.38. The van der Waals surface area contributed by atoms with Crippen LogP contribution in [0.5, 0.6) is 0 Å². The second-order valence-electron chi connectivity index (χ2n) is 6.67. The maximum Gasteiger partial charge on any atom is 0.320 e. The van der Waals surface area contributed by atoms with Crippen LogP contribution >= 0.6 is 0 Å². The highest BCUT2D eigenvalue weighted by molar-refractivity contribution is 5.78. The molecule has 2 heterocycles. The van der Waals surface area contributed by atoms with Crippen molar-refractivity contribution in [3.63, 3.8) is 0 Å². The van der Waals surface area contributed by atoms with Crippen LogP contribution in [0.15, 0.2) is 48.8 Å². The quantitative estimate of drug-likeness (QED) is 0.867. The molecule has 1 aliphatic heterocycles. The van der Waals surface area contributed by atoms with Gasteiger partial charge in [-0.3, -0.25) is 4.98 Å². The van der Waals surface area contributed by atoms with E-state index in [1.54, 1.807) is 12.4 Å². The molecule has 5 heteroatoms. The number of hydrogen-bond donors (Lipinski definition) is 0. The first-order valence-corrected chi connectivity index (χ1v) is 8.33. The molecule has 0 spiro atoms. The third-order valence-electron chi connectivity index (χ3n) is 5.38. The van der Waals surface area contributed by atoms with Gasteiger partial charge in [0.25, 0.3) is 0 Å². The smallest absolute Gasteiger partial charge is 0.320 e. The summed E-state index contributed by atoms with van der Waals surface area (Å²) in [4.78, 5) is 20.6. The van der Waals surface area contributed by atoms with Crippen LogP contribution in [-0.4, -0.2) is 39.9 Å². The monoisotopic (exact) mass is 325 g/mol. The van der Waals surface area contributed by atoms with Crippen molar-refractivity contribution >= 4 is 6.03 Å². The highest BCUT2D eigenvalue weighted by atomic mass is 19.1. The first kappa shape index (κ1) is 15.1. The molecule has 3 atom stereocenters. The molecule has 1 saturated carbocycles. The minimum absolute atomic E-state index is 0.0774. The number of carbonyl (C=O) groups is 1. The van der Waals surface area contributed by atoms with E-state index in [0.717, 1.165) is 24.0 Å². The molecule has 2 aromatic rings. The van der Waals surface area contributed by atoms with Crippen LogP contribution in [0.4, 0.5) is 9.18 Å². The molecule has 2 amide bonds. The van der Waals surface area contributed by atoms with Gasteiger partial charge in [0.05, 0.1) is 12.1 Å². The fourth-order valence-electron chi connectivity index (χ4n) is 4.24. The van der Waals surface area contributed by atoms with E-state index < -0.39 is 0 Å². The van der Waals surface area contributed by atoms with E-state index in [4.69, 9.17) is 0 Å². The van der Waals surface area contributed by atoms with Gasteiger partial charge < -0.3 is 9.80 Å². The maximum atomic E-state index is 13.2. The number of pyridine rings is 1. The van der Waals surface area contributed by atoms with E-state index >= 15 is 0 Å². The Bertz CT molecular complexity index is 734. The standard InChI is InChI=1S/C19H20FN3O/c1-22-18-16(14-2-4-15(20)5-3-14)6-7-17(18)23(19(22)24)12-13-8-10-21-11-9-13/h2-5,8-11,16-18H,6-7,12H2,1H3/t16-,17-,18+/m0/s1. The fraction of sp³-hybridized carbons (Fsp3) is 0.368. The summed E-state index contributed by atoms with van der Waals surface area (Å²) in [5, 5.41) is 0. The van der Waals surface area contributed by atoms with Crippen molar-refractivity contribution in [2.75, 3.05) is 7.05 Å². The van der Waals surface area contributed by atoms with Crippen molar-refractivity contribution in [2.24, 2.45) is 0 Å². The number of nitrogens with zero attached hydrogens (tertiary/aromatic N) is 3. The fourth-order valence-corrected chi connectivity index (χ4v) is 4.24. The molecule has 124 valence electrons. The van der Waals surface area contributed by atoms with E-state index in [-0.39, 0.29) is 29.8 Å². The topological polar surface area (TPSA) is 36.4 Å². The van der Waals surface area contributed by atoms with Gasteiger partial charge in [-0.15, -0.1) is 0 Å². The van der Waals surface area contributed by atoms with Gasteiger partial charge in [-0.2, -0.15) is 0 Å². The van der Waals surface area contributed by atoms with Gasteiger partial charge in [-0.05, 0) is 48.2 Å². The minimum Gasteiger partial charge on any atom is -0.322 e. The average molecular weight is 325 g/mol. The molecule has 4 nitrogen and oxygen atoms in total. The molecule has 1 aliphatic carbocycles.